The molecule has 1 aliphatic heterocycles. The zero-order valence-electron chi connectivity index (χ0n) is 15.5. The lowest BCUT2D eigenvalue weighted by molar-refractivity contribution is -0.114. The molecule has 1 amide bonds. The predicted octanol–water partition coefficient (Wildman–Crippen LogP) is 4.56. The molecule has 0 bridgehead atoms. The van der Waals surface area contributed by atoms with Crippen LogP contribution in [0.15, 0.2) is 24.4 Å². The van der Waals surface area contributed by atoms with Gasteiger partial charge >= 0.3 is 0 Å². The summed E-state index contributed by atoms with van der Waals surface area (Å²) in [5, 5.41) is 4.19. The van der Waals surface area contributed by atoms with E-state index in [1.807, 2.05) is 12.3 Å². The summed E-state index contributed by atoms with van der Waals surface area (Å²) in [6, 6.07) is 6.35. The van der Waals surface area contributed by atoms with Crippen molar-refractivity contribution >= 4 is 22.2 Å². The van der Waals surface area contributed by atoms with Gasteiger partial charge in [-0.25, -0.2) is 0 Å². The molecule has 1 aliphatic carbocycles. The van der Waals surface area contributed by atoms with E-state index in [1.165, 1.54) is 48.1 Å². The number of fused-ring (bicyclic) bond motifs is 1. The van der Waals surface area contributed by atoms with Gasteiger partial charge in [-0.05, 0) is 69.3 Å². The monoisotopic (exact) mass is 369 g/mol. The van der Waals surface area contributed by atoms with Crippen molar-refractivity contribution in [2.75, 3.05) is 18.4 Å². The highest BCUT2D eigenvalue weighted by Gasteiger charge is 2.33. The lowest BCUT2D eigenvalue weighted by Crippen LogP contribution is -2.35. The second kappa shape index (κ2) is 7.89. The predicted molar refractivity (Wildman–Crippen MR) is 107 cm³/mol. The van der Waals surface area contributed by atoms with Crippen molar-refractivity contribution in [1.82, 2.24) is 9.88 Å². The minimum atomic E-state index is 0.0169. The Morgan fingerprint density at radius 1 is 1.15 bits per heavy atom. The third-order valence-corrected chi connectivity index (χ3v) is 6.72. The van der Waals surface area contributed by atoms with E-state index in [9.17, 15) is 4.79 Å². The van der Waals surface area contributed by atoms with Crippen LogP contribution in [0.3, 0.4) is 0 Å². The van der Waals surface area contributed by atoms with Gasteiger partial charge in [0.05, 0.1) is 11.7 Å². The molecule has 2 aromatic rings. The fraction of sp³-hybridized carbons (Fsp3) is 0.524. The van der Waals surface area contributed by atoms with Gasteiger partial charge in [0.15, 0.2) is 0 Å². The lowest BCUT2D eigenvalue weighted by atomic mass is 9.89. The molecule has 5 heteroatoms. The first-order valence-electron chi connectivity index (χ1n) is 9.81. The maximum atomic E-state index is 11.9. The summed E-state index contributed by atoms with van der Waals surface area (Å²) < 4.78 is 0. The largest absolute Gasteiger partial charge is 0.318 e. The topological polar surface area (TPSA) is 45.2 Å². The number of amides is 1. The number of nitrogens with one attached hydrogen (secondary N) is 1. The minimum absolute atomic E-state index is 0.0169. The van der Waals surface area contributed by atoms with Crippen LogP contribution < -0.4 is 5.32 Å². The number of aryl methyl sites for hydroxylation is 1. The van der Waals surface area contributed by atoms with Gasteiger partial charge in [0.2, 0.25) is 5.91 Å². The van der Waals surface area contributed by atoms with Gasteiger partial charge in [-0.15, -0.1) is 11.3 Å². The number of carbonyl (C=O) groups is 1. The van der Waals surface area contributed by atoms with Gasteiger partial charge in [-0.3, -0.25) is 14.7 Å². The Morgan fingerprint density at radius 3 is 2.69 bits per heavy atom. The van der Waals surface area contributed by atoms with Gasteiger partial charge in [-0.2, -0.15) is 0 Å². The molecule has 4 rings (SSSR count). The number of piperidine rings is 1. The zero-order chi connectivity index (χ0) is 17.9. The van der Waals surface area contributed by atoms with Crippen LogP contribution in [0, 0.1) is 0 Å². The Hall–Kier alpha value is -1.72. The molecular weight excluding hydrogens is 342 g/mol. The highest BCUT2D eigenvalue weighted by Crippen LogP contribution is 2.45. The molecule has 2 aliphatic rings. The summed E-state index contributed by atoms with van der Waals surface area (Å²) in [5.41, 5.74) is 3.90. The van der Waals surface area contributed by atoms with Gasteiger partial charge < -0.3 is 5.32 Å². The summed E-state index contributed by atoms with van der Waals surface area (Å²) in [6.07, 6.45) is 10.4. The summed E-state index contributed by atoms with van der Waals surface area (Å²) in [5.74, 6) is 0.0169. The number of aromatic nitrogens is 1. The molecule has 1 fully saturated rings. The number of thiophene rings is 1. The molecule has 0 spiro atoms. The SMILES string of the molecule is CC(=O)Nc1sc2c(c1[C@H](c1ccccn1)N1CCCCC1)CCCC2. The van der Waals surface area contributed by atoms with E-state index < -0.39 is 0 Å². The first-order valence-corrected chi connectivity index (χ1v) is 10.6. The number of hydrogen-bond donors (Lipinski definition) is 1. The number of likely N-dealkylation sites (tertiary alicyclic amines) is 1. The lowest BCUT2D eigenvalue weighted by Gasteiger charge is -2.35. The normalized spacial score (nSPS) is 19.0. The Kier molecular flexibility index (Phi) is 5.36. The average Bonchev–Trinajstić information content (AvgIpc) is 3.01. The smallest absolute Gasteiger partial charge is 0.221 e. The van der Waals surface area contributed by atoms with Crippen molar-refractivity contribution in [3.8, 4) is 0 Å². The summed E-state index contributed by atoms with van der Waals surface area (Å²) in [4.78, 5) is 20.7. The van der Waals surface area contributed by atoms with E-state index in [0.29, 0.717) is 0 Å². The molecule has 3 heterocycles. The standard InChI is InChI=1S/C21H27N3OS/c1-15(25)23-21-19(16-9-3-4-11-18(16)26-21)20(17-10-5-6-12-22-17)24-13-7-2-8-14-24/h5-6,10,12,20H,2-4,7-9,11,13-14H2,1H3,(H,23,25)/t20-/m0/s1. The first-order chi connectivity index (χ1) is 12.7. The van der Waals surface area contributed by atoms with Crippen molar-refractivity contribution in [2.45, 2.75) is 57.9 Å². The maximum Gasteiger partial charge on any atom is 0.221 e. The fourth-order valence-corrected chi connectivity index (χ4v) is 5.73. The molecule has 0 aromatic carbocycles. The Balaban J connectivity index is 1.84. The van der Waals surface area contributed by atoms with Gasteiger partial charge in [0.1, 0.15) is 5.00 Å². The Bertz CT molecular complexity index is 765. The average molecular weight is 370 g/mol. The molecule has 1 saturated heterocycles. The van der Waals surface area contributed by atoms with Crippen LogP contribution in [-0.4, -0.2) is 28.9 Å². The Labute approximate surface area is 159 Å². The quantitative estimate of drug-likeness (QED) is 0.859. The number of carbonyl (C=O) groups excluding carboxylic acids is 1. The van der Waals surface area contributed by atoms with Crippen LogP contribution in [0.2, 0.25) is 0 Å². The summed E-state index contributed by atoms with van der Waals surface area (Å²) in [6.45, 7) is 3.82. The number of hydrogen-bond acceptors (Lipinski definition) is 4. The Morgan fingerprint density at radius 2 is 1.96 bits per heavy atom. The van der Waals surface area contributed by atoms with E-state index in [4.69, 9.17) is 4.98 Å². The summed E-state index contributed by atoms with van der Waals surface area (Å²) >= 11 is 1.79. The second-order valence-electron chi connectivity index (χ2n) is 7.39. The molecule has 1 atom stereocenters. The van der Waals surface area contributed by atoms with Crippen LogP contribution >= 0.6 is 11.3 Å². The van der Waals surface area contributed by atoms with Crippen LogP contribution in [0.4, 0.5) is 5.00 Å². The van der Waals surface area contributed by atoms with Crippen LogP contribution in [0.1, 0.15) is 66.8 Å². The van der Waals surface area contributed by atoms with Crippen LogP contribution in [0.25, 0.3) is 0 Å². The van der Waals surface area contributed by atoms with Gasteiger partial charge in [0, 0.05) is 23.6 Å². The molecule has 138 valence electrons. The third kappa shape index (κ3) is 3.55. The van der Waals surface area contributed by atoms with Crippen LogP contribution in [-0.2, 0) is 17.6 Å². The zero-order valence-corrected chi connectivity index (χ0v) is 16.3. The highest BCUT2D eigenvalue weighted by molar-refractivity contribution is 7.16. The number of pyridine rings is 1. The van der Waals surface area contributed by atoms with Crippen molar-refractivity contribution in [3.63, 3.8) is 0 Å². The fourth-order valence-electron chi connectivity index (χ4n) is 4.36. The molecular formula is C21H27N3OS. The van der Waals surface area contributed by atoms with Crippen molar-refractivity contribution < 1.29 is 4.79 Å². The van der Waals surface area contributed by atoms with Gasteiger partial charge in [0.25, 0.3) is 0 Å². The first kappa shape index (κ1) is 17.7. The van der Waals surface area contributed by atoms with Crippen LogP contribution in [0.5, 0.6) is 0 Å². The molecule has 2 aromatic heterocycles. The molecule has 1 N–H and O–H groups in total. The number of anilines is 1. The molecule has 4 nitrogen and oxygen atoms in total. The van der Waals surface area contributed by atoms with E-state index in [2.05, 4.69) is 22.3 Å². The molecule has 0 unspecified atom stereocenters. The highest BCUT2D eigenvalue weighted by atomic mass is 32.1. The van der Waals surface area contributed by atoms with Crippen molar-refractivity contribution in [2.24, 2.45) is 0 Å². The van der Waals surface area contributed by atoms with Crippen molar-refractivity contribution in [3.05, 3.63) is 46.1 Å². The minimum Gasteiger partial charge on any atom is -0.318 e. The molecule has 26 heavy (non-hydrogen) atoms. The number of nitrogens with zero attached hydrogens (tertiary/aromatic N) is 2. The van der Waals surface area contributed by atoms with E-state index in [-0.39, 0.29) is 11.9 Å². The van der Waals surface area contributed by atoms with Gasteiger partial charge in [-0.1, -0.05) is 12.5 Å². The third-order valence-electron chi connectivity index (χ3n) is 5.50. The summed E-state index contributed by atoms with van der Waals surface area (Å²) in [7, 11) is 0. The second-order valence-corrected chi connectivity index (χ2v) is 8.49. The molecule has 0 radical (unpaired) electrons. The number of rotatable bonds is 4. The van der Waals surface area contributed by atoms with Crippen molar-refractivity contribution in [1.29, 1.82) is 0 Å². The van der Waals surface area contributed by atoms with E-state index >= 15 is 0 Å². The molecule has 0 saturated carbocycles. The van der Waals surface area contributed by atoms with E-state index in [0.717, 1.165) is 36.6 Å². The van der Waals surface area contributed by atoms with E-state index in [1.54, 1.807) is 18.3 Å². The maximum absolute atomic E-state index is 11.9.